The Morgan fingerprint density at radius 2 is 1.89 bits per heavy atom. The fraction of sp³-hybridized carbons (Fsp3) is 0.286. The maximum atomic E-state index is 12.6. The lowest BCUT2D eigenvalue weighted by Gasteiger charge is -2.16. The highest BCUT2D eigenvalue weighted by atomic mass is 16.5. The van der Waals surface area contributed by atoms with E-state index >= 15 is 0 Å². The summed E-state index contributed by atoms with van der Waals surface area (Å²) in [4.78, 5) is 37.9. The minimum Gasteiger partial charge on any atom is -0.497 e. The van der Waals surface area contributed by atoms with Crippen LogP contribution in [0.5, 0.6) is 5.75 Å². The summed E-state index contributed by atoms with van der Waals surface area (Å²) in [6, 6.07) is 13.5. The molecule has 2 aromatic carbocycles. The van der Waals surface area contributed by atoms with Crippen molar-refractivity contribution in [1.29, 1.82) is 0 Å². The van der Waals surface area contributed by atoms with Crippen LogP contribution in [0.4, 0.5) is 5.69 Å². The largest absolute Gasteiger partial charge is 0.497 e. The molecule has 1 atom stereocenters. The third-order valence-corrected chi connectivity index (χ3v) is 4.65. The van der Waals surface area contributed by atoms with Gasteiger partial charge in [0.25, 0.3) is 5.91 Å². The summed E-state index contributed by atoms with van der Waals surface area (Å²) in [7, 11) is 2.91. The van der Waals surface area contributed by atoms with E-state index in [0.717, 1.165) is 11.3 Å². The molecule has 7 nitrogen and oxygen atoms in total. The van der Waals surface area contributed by atoms with Crippen LogP contribution in [0.3, 0.4) is 0 Å². The van der Waals surface area contributed by atoms with Crippen LogP contribution in [-0.2, 0) is 20.7 Å². The molecular weight excluding hydrogens is 360 g/mol. The molecule has 2 amide bonds. The summed E-state index contributed by atoms with van der Waals surface area (Å²) in [5.41, 5.74) is 1.98. The van der Waals surface area contributed by atoms with E-state index in [4.69, 9.17) is 9.47 Å². The molecule has 3 rings (SSSR count). The number of esters is 1. The molecule has 7 heteroatoms. The molecule has 1 aliphatic rings. The summed E-state index contributed by atoms with van der Waals surface area (Å²) >= 11 is 0. The van der Waals surface area contributed by atoms with E-state index in [1.54, 1.807) is 31.4 Å². The van der Waals surface area contributed by atoms with Crippen molar-refractivity contribution in [3.63, 3.8) is 0 Å². The average molecular weight is 382 g/mol. The highest BCUT2D eigenvalue weighted by Gasteiger charge is 2.38. The highest BCUT2D eigenvalue weighted by Crippen LogP contribution is 2.20. The molecule has 2 aromatic rings. The topological polar surface area (TPSA) is 84.9 Å². The van der Waals surface area contributed by atoms with Crippen molar-refractivity contribution in [1.82, 2.24) is 4.90 Å². The predicted molar refractivity (Wildman–Crippen MR) is 103 cm³/mol. The van der Waals surface area contributed by atoms with Gasteiger partial charge in [-0.15, -0.1) is 0 Å². The van der Waals surface area contributed by atoms with Crippen molar-refractivity contribution in [2.45, 2.75) is 18.9 Å². The Hall–Kier alpha value is -3.35. The first-order chi connectivity index (χ1) is 13.5. The number of likely N-dealkylation sites (tertiary alicyclic amines) is 1. The van der Waals surface area contributed by atoms with Gasteiger partial charge in [-0.2, -0.15) is 0 Å². The van der Waals surface area contributed by atoms with E-state index in [9.17, 15) is 14.4 Å². The number of ether oxygens (including phenoxy) is 2. The van der Waals surface area contributed by atoms with Gasteiger partial charge in [0, 0.05) is 12.2 Å². The number of hydrogen-bond donors (Lipinski definition) is 1. The average Bonchev–Trinajstić information content (AvgIpc) is 2.99. The van der Waals surface area contributed by atoms with Gasteiger partial charge < -0.3 is 14.8 Å². The molecule has 1 heterocycles. The SMILES string of the molecule is COC(=O)c1cccc(NC2CC(=O)N(CCc3ccc(OC)cc3)C2=O)c1. The van der Waals surface area contributed by atoms with Crippen molar-refractivity contribution in [3.05, 3.63) is 59.7 Å². The third-order valence-electron chi connectivity index (χ3n) is 4.65. The number of anilines is 1. The Bertz CT molecular complexity index is 879. The summed E-state index contributed by atoms with van der Waals surface area (Å²) in [6.45, 7) is 0.324. The summed E-state index contributed by atoms with van der Waals surface area (Å²) < 4.78 is 9.83. The van der Waals surface area contributed by atoms with Crippen molar-refractivity contribution in [2.75, 3.05) is 26.1 Å². The molecule has 0 saturated carbocycles. The van der Waals surface area contributed by atoms with Gasteiger partial charge >= 0.3 is 5.97 Å². The van der Waals surface area contributed by atoms with Crippen molar-refractivity contribution >= 4 is 23.5 Å². The van der Waals surface area contributed by atoms with Crippen molar-refractivity contribution < 1.29 is 23.9 Å². The molecule has 1 N–H and O–H groups in total. The van der Waals surface area contributed by atoms with E-state index < -0.39 is 12.0 Å². The molecule has 1 fully saturated rings. The number of amides is 2. The molecule has 0 spiro atoms. The first-order valence-corrected chi connectivity index (χ1v) is 8.94. The standard InChI is InChI=1S/C21H22N2O5/c1-27-17-8-6-14(7-9-17)10-11-23-19(24)13-18(20(23)25)22-16-5-3-4-15(12-16)21(26)28-2/h3-9,12,18,22H,10-11,13H2,1-2H3. The Kier molecular flexibility index (Phi) is 5.93. The second-order valence-electron chi connectivity index (χ2n) is 6.46. The van der Waals surface area contributed by atoms with Crippen molar-refractivity contribution in [2.24, 2.45) is 0 Å². The smallest absolute Gasteiger partial charge is 0.337 e. The van der Waals surface area contributed by atoms with Gasteiger partial charge in [0.1, 0.15) is 11.8 Å². The number of hydrogen-bond acceptors (Lipinski definition) is 6. The fourth-order valence-electron chi connectivity index (χ4n) is 3.12. The Morgan fingerprint density at radius 1 is 1.14 bits per heavy atom. The van der Waals surface area contributed by atoms with Crippen molar-refractivity contribution in [3.8, 4) is 5.75 Å². The molecule has 0 aromatic heterocycles. The van der Waals surface area contributed by atoms with Crippen LogP contribution in [0, 0.1) is 0 Å². The molecular formula is C21H22N2O5. The van der Waals surface area contributed by atoms with Crippen LogP contribution in [0.1, 0.15) is 22.3 Å². The molecule has 1 unspecified atom stereocenters. The minimum absolute atomic E-state index is 0.0872. The van der Waals surface area contributed by atoms with Crippen LogP contribution in [-0.4, -0.2) is 49.5 Å². The van der Waals surface area contributed by atoms with E-state index in [0.29, 0.717) is 24.2 Å². The number of nitrogens with one attached hydrogen (secondary N) is 1. The number of carbonyl (C=O) groups excluding carboxylic acids is 3. The monoisotopic (exact) mass is 382 g/mol. The predicted octanol–water partition coefficient (Wildman–Crippen LogP) is 2.26. The second-order valence-corrected chi connectivity index (χ2v) is 6.46. The molecule has 28 heavy (non-hydrogen) atoms. The lowest BCUT2D eigenvalue weighted by molar-refractivity contribution is -0.138. The first kappa shape index (κ1) is 19.4. The van der Waals surface area contributed by atoms with E-state index in [1.165, 1.54) is 12.0 Å². The zero-order chi connectivity index (χ0) is 20.1. The van der Waals surface area contributed by atoms with Gasteiger partial charge in [-0.25, -0.2) is 4.79 Å². The third kappa shape index (κ3) is 4.31. The first-order valence-electron chi connectivity index (χ1n) is 8.94. The number of carbonyl (C=O) groups is 3. The number of rotatable bonds is 7. The van der Waals surface area contributed by atoms with E-state index in [-0.39, 0.29) is 18.2 Å². The van der Waals surface area contributed by atoms with E-state index in [2.05, 4.69) is 5.32 Å². The number of methoxy groups -OCH3 is 2. The quantitative estimate of drug-likeness (QED) is 0.584. The molecule has 1 saturated heterocycles. The van der Waals surface area contributed by atoms with Crippen LogP contribution in [0.2, 0.25) is 0 Å². The summed E-state index contributed by atoms with van der Waals surface area (Å²) in [5.74, 6) is -0.170. The van der Waals surface area contributed by atoms with Crippen LogP contribution < -0.4 is 10.1 Å². The Labute approximate surface area is 163 Å². The normalized spacial score (nSPS) is 16.2. The van der Waals surface area contributed by atoms with Gasteiger partial charge in [-0.1, -0.05) is 18.2 Å². The lowest BCUT2D eigenvalue weighted by atomic mass is 10.1. The number of nitrogens with zero attached hydrogens (tertiary/aromatic N) is 1. The molecule has 0 radical (unpaired) electrons. The van der Waals surface area contributed by atoms with Gasteiger partial charge in [0.2, 0.25) is 5.91 Å². The Morgan fingerprint density at radius 3 is 2.57 bits per heavy atom. The van der Waals surface area contributed by atoms with Crippen LogP contribution >= 0.6 is 0 Å². The maximum absolute atomic E-state index is 12.6. The van der Waals surface area contributed by atoms with Gasteiger partial charge in [-0.3, -0.25) is 14.5 Å². The zero-order valence-corrected chi connectivity index (χ0v) is 15.8. The number of benzene rings is 2. The fourth-order valence-corrected chi connectivity index (χ4v) is 3.12. The van der Waals surface area contributed by atoms with E-state index in [1.807, 2.05) is 24.3 Å². The zero-order valence-electron chi connectivity index (χ0n) is 15.8. The van der Waals surface area contributed by atoms with Gasteiger partial charge in [0.15, 0.2) is 0 Å². The molecule has 146 valence electrons. The summed E-state index contributed by atoms with van der Waals surface area (Å²) in [6.07, 6.45) is 0.663. The molecule has 1 aliphatic heterocycles. The molecule has 0 bridgehead atoms. The van der Waals surface area contributed by atoms with Gasteiger partial charge in [-0.05, 0) is 42.3 Å². The lowest BCUT2D eigenvalue weighted by Crippen LogP contribution is -2.36. The Balaban J connectivity index is 1.62. The second kappa shape index (κ2) is 8.56. The summed E-state index contributed by atoms with van der Waals surface area (Å²) in [5, 5.41) is 3.05. The van der Waals surface area contributed by atoms with Crippen LogP contribution in [0.25, 0.3) is 0 Å². The maximum Gasteiger partial charge on any atom is 0.337 e. The molecule has 0 aliphatic carbocycles. The highest BCUT2D eigenvalue weighted by molar-refractivity contribution is 6.07. The minimum atomic E-state index is -0.642. The number of imide groups is 1. The van der Waals surface area contributed by atoms with Gasteiger partial charge in [0.05, 0.1) is 26.2 Å². The van der Waals surface area contributed by atoms with Crippen LogP contribution in [0.15, 0.2) is 48.5 Å².